The van der Waals surface area contributed by atoms with Crippen LogP contribution < -0.4 is 0 Å². The molecule has 1 heteroatoms. The van der Waals surface area contributed by atoms with Gasteiger partial charge in [-0.1, -0.05) is 47.1 Å². The van der Waals surface area contributed by atoms with E-state index in [0.29, 0.717) is 5.41 Å². The van der Waals surface area contributed by atoms with Gasteiger partial charge in [-0.25, -0.2) is 0 Å². The van der Waals surface area contributed by atoms with Crippen molar-refractivity contribution in [2.75, 3.05) is 5.33 Å². The minimum absolute atomic E-state index is 0.571. The first kappa shape index (κ1) is 11.8. The molecule has 2 fully saturated rings. The Morgan fingerprint density at radius 1 is 1.12 bits per heavy atom. The van der Waals surface area contributed by atoms with Gasteiger partial charge in [-0.05, 0) is 60.5 Å². The quantitative estimate of drug-likeness (QED) is 0.712. The molecule has 0 amide bonds. The zero-order valence-electron chi connectivity index (χ0n) is 10.6. The predicted octanol–water partition coefficient (Wildman–Crippen LogP) is 4.60. The number of halogens is 1. The maximum absolute atomic E-state index is 3.77. The molecule has 2 saturated carbocycles. The molecular weight excluding hydrogens is 272 g/mol. The van der Waals surface area contributed by atoms with E-state index in [1.54, 1.807) is 0 Å². The molecule has 17 heavy (non-hydrogen) atoms. The summed E-state index contributed by atoms with van der Waals surface area (Å²) in [4.78, 5) is 0. The number of rotatable bonds is 4. The van der Waals surface area contributed by atoms with Crippen LogP contribution >= 0.6 is 15.9 Å². The van der Waals surface area contributed by atoms with Gasteiger partial charge in [0.2, 0.25) is 0 Å². The minimum Gasteiger partial charge on any atom is -0.0922 e. The van der Waals surface area contributed by atoms with Crippen molar-refractivity contribution >= 4 is 15.9 Å². The Morgan fingerprint density at radius 3 is 2.24 bits per heavy atom. The van der Waals surface area contributed by atoms with E-state index in [-0.39, 0.29) is 0 Å². The zero-order valence-corrected chi connectivity index (χ0v) is 12.2. The van der Waals surface area contributed by atoms with Crippen LogP contribution in [0.25, 0.3) is 0 Å². The smallest absolute Gasteiger partial charge is 0.00913 e. The van der Waals surface area contributed by atoms with Crippen LogP contribution in [0.1, 0.15) is 37.3 Å². The maximum Gasteiger partial charge on any atom is 0.00913 e. The van der Waals surface area contributed by atoms with Gasteiger partial charge in [0.25, 0.3) is 0 Å². The van der Waals surface area contributed by atoms with E-state index in [9.17, 15) is 0 Å². The summed E-state index contributed by atoms with van der Waals surface area (Å²) in [5.74, 6) is 2.14. The van der Waals surface area contributed by atoms with Gasteiger partial charge >= 0.3 is 0 Å². The third kappa shape index (κ3) is 2.31. The summed E-state index contributed by atoms with van der Waals surface area (Å²) < 4.78 is 0. The first-order valence-electron chi connectivity index (χ1n) is 6.88. The van der Waals surface area contributed by atoms with Crippen molar-refractivity contribution in [1.82, 2.24) is 0 Å². The van der Waals surface area contributed by atoms with E-state index >= 15 is 0 Å². The molecule has 0 saturated heterocycles. The standard InChI is InChI=1S/C16H21Br/c1-2-12-3-5-13(6-4-12)8-16(11-17)9-14-7-15(14)10-16/h3-6,14-15H,2,7-11H2,1H3. The van der Waals surface area contributed by atoms with Crippen LogP contribution in [0.2, 0.25) is 0 Å². The second-order valence-corrected chi connectivity index (χ2v) is 6.71. The second kappa shape index (κ2) is 4.42. The summed E-state index contributed by atoms with van der Waals surface area (Å²) in [5, 5.41) is 1.18. The lowest BCUT2D eigenvalue weighted by atomic mass is 9.79. The Hall–Kier alpha value is -0.300. The molecule has 2 unspecified atom stereocenters. The molecule has 3 rings (SSSR count). The fourth-order valence-corrected chi connectivity index (χ4v) is 4.29. The van der Waals surface area contributed by atoms with Crippen LogP contribution in [0.3, 0.4) is 0 Å². The summed E-state index contributed by atoms with van der Waals surface area (Å²) in [6, 6.07) is 9.28. The minimum atomic E-state index is 0.571. The van der Waals surface area contributed by atoms with Crippen LogP contribution in [-0.4, -0.2) is 5.33 Å². The number of fused-ring (bicyclic) bond motifs is 1. The monoisotopic (exact) mass is 292 g/mol. The van der Waals surface area contributed by atoms with E-state index in [0.717, 1.165) is 18.3 Å². The van der Waals surface area contributed by atoms with Gasteiger partial charge in [-0.15, -0.1) is 0 Å². The fraction of sp³-hybridized carbons (Fsp3) is 0.625. The zero-order chi connectivity index (χ0) is 11.9. The van der Waals surface area contributed by atoms with Crippen LogP contribution in [-0.2, 0) is 12.8 Å². The van der Waals surface area contributed by atoms with Crippen molar-refractivity contribution in [2.24, 2.45) is 17.3 Å². The molecule has 0 aliphatic heterocycles. The molecule has 0 bridgehead atoms. The first-order valence-corrected chi connectivity index (χ1v) is 8.00. The summed E-state index contributed by atoms with van der Waals surface area (Å²) in [5.41, 5.74) is 3.56. The SMILES string of the molecule is CCc1ccc(CC2(CBr)CC3CC3C2)cc1. The molecule has 92 valence electrons. The van der Waals surface area contributed by atoms with E-state index in [1.165, 1.54) is 42.1 Å². The number of aryl methyl sites for hydroxylation is 1. The average Bonchev–Trinajstić information content (AvgIpc) is 2.99. The van der Waals surface area contributed by atoms with Gasteiger partial charge in [0, 0.05) is 5.33 Å². The van der Waals surface area contributed by atoms with Gasteiger partial charge in [0.15, 0.2) is 0 Å². The van der Waals surface area contributed by atoms with Crippen LogP contribution in [0.15, 0.2) is 24.3 Å². The molecule has 2 aliphatic rings. The van der Waals surface area contributed by atoms with Crippen LogP contribution in [0.5, 0.6) is 0 Å². The van der Waals surface area contributed by atoms with E-state index in [2.05, 4.69) is 47.1 Å². The highest BCUT2D eigenvalue weighted by molar-refractivity contribution is 9.09. The Balaban J connectivity index is 1.72. The van der Waals surface area contributed by atoms with Crippen molar-refractivity contribution in [3.05, 3.63) is 35.4 Å². The van der Waals surface area contributed by atoms with E-state index in [1.807, 2.05) is 0 Å². The van der Waals surface area contributed by atoms with Crippen molar-refractivity contribution in [3.63, 3.8) is 0 Å². The molecule has 2 atom stereocenters. The molecule has 0 N–H and O–H groups in total. The van der Waals surface area contributed by atoms with Gasteiger partial charge in [0.1, 0.15) is 0 Å². The lowest BCUT2D eigenvalue weighted by molar-refractivity contribution is 0.308. The summed E-state index contributed by atoms with van der Waals surface area (Å²) in [6.45, 7) is 2.22. The largest absolute Gasteiger partial charge is 0.0922 e. The Labute approximate surface area is 113 Å². The molecule has 1 aromatic rings. The molecule has 0 heterocycles. The van der Waals surface area contributed by atoms with Gasteiger partial charge < -0.3 is 0 Å². The van der Waals surface area contributed by atoms with Crippen molar-refractivity contribution < 1.29 is 0 Å². The molecule has 0 spiro atoms. The Kier molecular flexibility index (Phi) is 3.06. The van der Waals surface area contributed by atoms with Crippen LogP contribution in [0, 0.1) is 17.3 Å². The summed E-state index contributed by atoms with van der Waals surface area (Å²) in [6.07, 6.45) is 6.85. The average molecular weight is 293 g/mol. The fourth-order valence-electron chi connectivity index (χ4n) is 3.63. The summed E-state index contributed by atoms with van der Waals surface area (Å²) >= 11 is 3.77. The van der Waals surface area contributed by atoms with Crippen molar-refractivity contribution in [1.29, 1.82) is 0 Å². The molecule has 0 radical (unpaired) electrons. The van der Waals surface area contributed by atoms with Crippen molar-refractivity contribution in [2.45, 2.75) is 39.0 Å². The van der Waals surface area contributed by atoms with Gasteiger partial charge in [-0.3, -0.25) is 0 Å². The second-order valence-electron chi connectivity index (χ2n) is 6.14. The summed E-state index contributed by atoms with van der Waals surface area (Å²) in [7, 11) is 0. The van der Waals surface area contributed by atoms with E-state index in [4.69, 9.17) is 0 Å². The highest BCUT2D eigenvalue weighted by Crippen LogP contribution is 2.61. The molecule has 0 nitrogen and oxygen atoms in total. The third-order valence-corrected chi connectivity index (χ3v) is 5.94. The Bertz CT molecular complexity index is 382. The first-order chi connectivity index (χ1) is 8.24. The third-order valence-electron chi connectivity index (χ3n) is 4.75. The van der Waals surface area contributed by atoms with Gasteiger partial charge in [-0.2, -0.15) is 0 Å². The molecular formula is C16H21Br. The number of hydrogen-bond acceptors (Lipinski definition) is 0. The lowest BCUT2D eigenvalue weighted by Crippen LogP contribution is -2.23. The van der Waals surface area contributed by atoms with Gasteiger partial charge in [0.05, 0.1) is 0 Å². The molecule has 0 aromatic heterocycles. The number of hydrogen-bond donors (Lipinski definition) is 0. The lowest BCUT2D eigenvalue weighted by Gasteiger charge is -2.29. The molecule has 1 aromatic carbocycles. The Morgan fingerprint density at radius 2 is 1.71 bits per heavy atom. The maximum atomic E-state index is 3.77. The number of benzene rings is 1. The number of alkyl halides is 1. The topological polar surface area (TPSA) is 0 Å². The predicted molar refractivity (Wildman–Crippen MR) is 76.6 cm³/mol. The van der Waals surface area contributed by atoms with E-state index < -0.39 is 0 Å². The normalized spacial score (nSPS) is 34.7. The molecule has 2 aliphatic carbocycles. The highest BCUT2D eigenvalue weighted by atomic mass is 79.9. The van der Waals surface area contributed by atoms with Crippen LogP contribution in [0.4, 0.5) is 0 Å². The van der Waals surface area contributed by atoms with Crippen molar-refractivity contribution in [3.8, 4) is 0 Å². The highest BCUT2D eigenvalue weighted by Gasteiger charge is 2.52.